The van der Waals surface area contributed by atoms with Gasteiger partial charge in [0, 0.05) is 29.8 Å². The molecule has 1 saturated heterocycles. The summed E-state index contributed by atoms with van der Waals surface area (Å²) in [7, 11) is 1.86. The van der Waals surface area contributed by atoms with Gasteiger partial charge in [0.25, 0.3) is 5.91 Å². The number of amides is 1. The zero-order chi connectivity index (χ0) is 21.4. The Morgan fingerprint density at radius 2 is 1.84 bits per heavy atom. The van der Waals surface area contributed by atoms with Crippen LogP contribution in [0.1, 0.15) is 26.2 Å². The first-order valence-corrected chi connectivity index (χ1v) is 12.2. The minimum atomic E-state index is -0.149. The molecule has 2 aromatic heterocycles. The molecule has 4 aromatic rings. The molecule has 7 heteroatoms. The molecule has 1 aliphatic heterocycles. The monoisotopic (exact) mass is 446 g/mol. The average molecular weight is 447 g/mol. The Labute approximate surface area is 189 Å². The van der Waals surface area contributed by atoms with E-state index in [4.69, 9.17) is 4.98 Å². The summed E-state index contributed by atoms with van der Waals surface area (Å²) in [4.78, 5) is 18.2. The predicted molar refractivity (Wildman–Crippen MR) is 131 cm³/mol. The van der Waals surface area contributed by atoms with Crippen LogP contribution in [0.5, 0.6) is 0 Å². The molecule has 1 N–H and O–H groups in total. The number of benzene rings is 2. The van der Waals surface area contributed by atoms with Gasteiger partial charge in [-0.1, -0.05) is 42.5 Å². The number of pyridine rings is 1. The molecular weight excluding hydrogens is 424 g/mol. The molecule has 0 radical (unpaired) electrons. The third-order valence-electron chi connectivity index (χ3n) is 5.32. The van der Waals surface area contributed by atoms with Gasteiger partial charge in [0.1, 0.15) is 0 Å². The van der Waals surface area contributed by atoms with E-state index in [1.165, 1.54) is 17.1 Å². The Morgan fingerprint density at radius 3 is 2.61 bits per heavy atom. The zero-order valence-corrected chi connectivity index (χ0v) is 19.0. The Morgan fingerprint density at radius 1 is 1.06 bits per heavy atom. The highest BCUT2D eigenvalue weighted by atomic mass is 32.2. The number of nitrogens with zero attached hydrogens (tertiary/aromatic N) is 3. The molecule has 1 aliphatic rings. The highest BCUT2D eigenvalue weighted by Crippen LogP contribution is 2.45. The number of hydrogen-bond donors (Lipinski definition) is 1. The van der Waals surface area contributed by atoms with Gasteiger partial charge in [-0.3, -0.25) is 9.48 Å². The molecule has 5 rings (SSSR count). The van der Waals surface area contributed by atoms with Crippen LogP contribution in [0.15, 0.2) is 60.7 Å². The molecule has 156 valence electrons. The molecule has 1 amide bonds. The van der Waals surface area contributed by atoms with Crippen molar-refractivity contribution < 1.29 is 4.79 Å². The van der Waals surface area contributed by atoms with E-state index in [-0.39, 0.29) is 5.91 Å². The number of thioether (sulfide) groups is 2. The van der Waals surface area contributed by atoms with Crippen molar-refractivity contribution in [3.8, 4) is 11.3 Å². The Balaban J connectivity index is 1.54. The maximum Gasteiger partial charge on any atom is 0.256 e. The summed E-state index contributed by atoms with van der Waals surface area (Å²) in [5, 5.41) is 8.41. The van der Waals surface area contributed by atoms with Crippen LogP contribution in [-0.4, -0.2) is 32.2 Å². The maximum absolute atomic E-state index is 13.4. The van der Waals surface area contributed by atoms with Gasteiger partial charge in [-0.05, 0) is 30.7 Å². The largest absolute Gasteiger partial charge is 0.322 e. The summed E-state index contributed by atoms with van der Waals surface area (Å²) in [6.45, 7) is 1.91. The summed E-state index contributed by atoms with van der Waals surface area (Å²) in [5.74, 6) is 2.19. The molecule has 5 nitrogen and oxygen atoms in total. The molecule has 0 unspecified atom stereocenters. The smallest absolute Gasteiger partial charge is 0.256 e. The van der Waals surface area contributed by atoms with E-state index in [2.05, 4.69) is 22.5 Å². The highest BCUT2D eigenvalue weighted by molar-refractivity contribution is 8.19. The van der Waals surface area contributed by atoms with Crippen LogP contribution in [-0.2, 0) is 7.05 Å². The topological polar surface area (TPSA) is 59.8 Å². The second kappa shape index (κ2) is 8.40. The Kier molecular flexibility index (Phi) is 5.46. The second-order valence-electron chi connectivity index (χ2n) is 7.48. The van der Waals surface area contributed by atoms with E-state index < -0.39 is 0 Å². The normalized spacial score (nSPS) is 14.3. The molecule has 31 heavy (non-hydrogen) atoms. The number of aryl methyl sites for hydroxylation is 2. The molecule has 3 heterocycles. The summed E-state index contributed by atoms with van der Waals surface area (Å²) in [6, 6.07) is 20.0. The summed E-state index contributed by atoms with van der Waals surface area (Å²) >= 11 is 3.91. The zero-order valence-electron chi connectivity index (χ0n) is 17.3. The van der Waals surface area contributed by atoms with E-state index >= 15 is 0 Å². The molecule has 1 fully saturated rings. The van der Waals surface area contributed by atoms with Crippen LogP contribution >= 0.6 is 23.5 Å². The van der Waals surface area contributed by atoms with Gasteiger partial charge < -0.3 is 5.32 Å². The molecular formula is C24H22N4OS2. The molecule has 0 aliphatic carbocycles. The first-order chi connectivity index (χ1) is 15.1. The van der Waals surface area contributed by atoms with E-state index in [0.717, 1.165) is 28.0 Å². The van der Waals surface area contributed by atoms with Crippen LogP contribution in [0, 0.1) is 6.92 Å². The molecule has 0 saturated carbocycles. The second-order valence-corrected chi connectivity index (χ2v) is 10.2. The van der Waals surface area contributed by atoms with Gasteiger partial charge in [-0.25, -0.2) is 4.98 Å². The van der Waals surface area contributed by atoms with Gasteiger partial charge in [0.2, 0.25) is 0 Å². The predicted octanol–water partition coefficient (Wildman–Crippen LogP) is 5.67. The lowest BCUT2D eigenvalue weighted by Gasteiger charge is -2.12. The van der Waals surface area contributed by atoms with E-state index in [1.807, 2.05) is 86.0 Å². The number of carbonyl (C=O) groups is 1. The van der Waals surface area contributed by atoms with Crippen molar-refractivity contribution in [2.45, 2.75) is 11.5 Å². The van der Waals surface area contributed by atoms with E-state index in [0.29, 0.717) is 15.8 Å². The summed E-state index contributed by atoms with van der Waals surface area (Å²) in [5.41, 5.74) is 5.86. The van der Waals surface area contributed by atoms with Gasteiger partial charge in [0.05, 0.1) is 26.9 Å². The first kappa shape index (κ1) is 20.2. The van der Waals surface area contributed by atoms with Gasteiger partial charge in [-0.15, -0.1) is 23.5 Å². The van der Waals surface area contributed by atoms with Crippen molar-refractivity contribution >= 4 is 46.2 Å². The SMILES string of the molecule is Cc1nn(C)c2nc(-c3ccccc3)cc(C(=O)Nc3cccc(C4SCCS4)c3)c12. The van der Waals surface area contributed by atoms with Crippen molar-refractivity contribution in [3.63, 3.8) is 0 Å². The van der Waals surface area contributed by atoms with Crippen LogP contribution in [0.2, 0.25) is 0 Å². The van der Waals surface area contributed by atoms with Gasteiger partial charge >= 0.3 is 0 Å². The summed E-state index contributed by atoms with van der Waals surface area (Å²) in [6.07, 6.45) is 0. The summed E-state index contributed by atoms with van der Waals surface area (Å²) < 4.78 is 2.18. The van der Waals surface area contributed by atoms with Crippen molar-refractivity contribution in [1.82, 2.24) is 14.8 Å². The Hall–Kier alpha value is -2.77. The minimum Gasteiger partial charge on any atom is -0.322 e. The number of fused-ring (bicyclic) bond motifs is 1. The van der Waals surface area contributed by atoms with Crippen molar-refractivity contribution in [2.24, 2.45) is 7.05 Å². The lowest BCUT2D eigenvalue weighted by atomic mass is 10.0. The molecule has 0 atom stereocenters. The van der Waals surface area contributed by atoms with Crippen LogP contribution in [0.3, 0.4) is 0 Å². The highest BCUT2D eigenvalue weighted by Gasteiger charge is 2.21. The van der Waals surface area contributed by atoms with Crippen LogP contribution in [0.4, 0.5) is 5.69 Å². The van der Waals surface area contributed by atoms with Gasteiger partial charge in [-0.2, -0.15) is 5.10 Å². The molecule has 0 bridgehead atoms. The number of hydrogen-bond acceptors (Lipinski definition) is 5. The first-order valence-electron chi connectivity index (χ1n) is 10.1. The fourth-order valence-corrected chi connectivity index (χ4v) is 6.73. The standard InChI is InChI=1S/C24H22N4OS2/c1-15-21-19(14-20(16-7-4-3-5-8-16)26-22(21)28(2)27-15)23(29)25-18-10-6-9-17(13-18)24-30-11-12-31-24/h3-10,13-14,24H,11-12H2,1-2H3,(H,25,29). The van der Waals surface area contributed by atoms with E-state index in [9.17, 15) is 4.79 Å². The van der Waals surface area contributed by atoms with Gasteiger partial charge in [0.15, 0.2) is 5.65 Å². The number of nitrogens with one attached hydrogen (secondary N) is 1. The van der Waals surface area contributed by atoms with E-state index in [1.54, 1.807) is 4.68 Å². The third-order valence-corrected chi connectivity index (χ3v) is 8.43. The average Bonchev–Trinajstić information content (AvgIpc) is 3.43. The van der Waals surface area contributed by atoms with Crippen molar-refractivity contribution in [3.05, 3.63) is 77.5 Å². The molecule has 0 spiro atoms. The fraction of sp³-hybridized carbons (Fsp3) is 0.208. The lowest BCUT2D eigenvalue weighted by molar-refractivity contribution is 0.102. The quantitative estimate of drug-likeness (QED) is 0.437. The number of aromatic nitrogens is 3. The van der Waals surface area contributed by atoms with Crippen LogP contribution < -0.4 is 5.32 Å². The van der Waals surface area contributed by atoms with Crippen LogP contribution in [0.25, 0.3) is 22.3 Å². The van der Waals surface area contributed by atoms with Crippen molar-refractivity contribution in [1.29, 1.82) is 0 Å². The third kappa shape index (κ3) is 3.95. The Bertz CT molecular complexity index is 1260. The minimum absolute atomic E-state index is 0.149. The number of rotatable bonds is 4. The number of carbonyl (C=O) groups excluding carboxylic acids is 1. The lowest BCUT2D eigenvalue weighted by Crippen LogP contribution is -2.13. The molecule has 2 aromatic carbocycles. The van der Waals surface area contributed by atoms with Crippen molar-refractivity contribution in [2.75, 3.05) is 16.8 Å². The fourth-order valence-electron chi connectivity index (χ4n) is 3.89. The maximum atomic E-state index is 13.4. The number of anilines is 1.